The van der Waals surface area contributed by atoms with Crippen LogP contribution in [-0.4, -0.2) is 15.3 Å². The summed E-state index contributed by atoms with van der Waals surface area (Å²) in [6, 6.07) is 13.5. The summed E-state index contributed by atoms with van der Waals surface area (Å²) < 4.78 is 14.8. The van der Waals surface area contributed by atoms with E-state index in [1.165, 1.54) is 18.2 Å². The number of benzene rings is 2. The van der Waals surface area contributed by atoms with Crippen molar-refractivity contribution in [3.05, 3.63) is 83.8 Å². The van der Waals surface area contributed by atoms with Gasteiger partial charge in [0.2, 0.25) is 5.91 Å². The number of hydrogen-bond donors (Lipinski definition) is 1. The Balaban J connectivity index is 1.42. The van der Waals surface area contributed by atoms with Crippen LogP contribution in [0.3, 0.4) is 0 Å². The summed E-state index contributed by atoms with van der Waals surface area (Å²) >= 11 is 1.59. The topological polar surface area (TPSA) is 46.4 Å². The van der Waals surface area contributed by atoms with Crippen molar-refractivity contribution in [1.29, 1.82) is 0 Å². The first-order valence-corrected chi connectivity index (χ1v) is 8.83. The zero-order valence-corrected chi connectivity index (χ0v) is 14.4. The van der Waals surface area contributed by atoms with Crippen molar-refractivity contribution in [2.45, 2.75) is 0 Å². The van der Waals surface area contributed by atoms with Gasteiger partial charge in [-0.3, -0.25) is 9.20 Å². The van der Waals surface area contributed by atoms with Gasteiger partial charge in [-0.2, -0.15) is 0 Å². The number of aromatic nitrogens is 2. The summed E-state index contributed by atoms with van der Waals surface area (Å²) in [6.45, 7) is 0. The third-order valence-electron chi connectivity index (χ3n) is 3.84. The van der Waals surface area contributed by atoms with Gasteiger partial charge < -0.3 is 5.32 Å². The smallest absolute Gasteiger partial charge is 0.248 e. The molecule has 2 aromatic carbocycles. The lowest BCUT2D eigenvalue weighted by molar-refractivity contribution is -0.111. The molecule has 2 aromatic heterocycles. The molecule has 0 saturated heterocycles. The molecule has 0 atom stereocenters. The Morgan fingerprint density at radius 3 is 2.62 bits per heavy atom. The second kappa shape index (κ2) is 6.93. The predicted molar refractivity (Wildman–Crippen MR) is 103 cm³/mol. The number of rotatable bonds is 4. The van der Waals surface area contributed by atoms with Crippen molar-refractivity contribution in [3.63, 3.8) is 0 Å². The number of carbonyl (C=O) groups is 1. The molecule has 0 aliphatic carbocycles. The van der Waals surface area contributed by atoms with E-state index in [2.05, 4.69) is 10.3 Å². The highest BCUT2D eigenvalue weighted by atomic mass is 32.1. The molecule has 4 rings (SSSR count). The Bertz CT molecular complexity index is 1050. The first kappa shape index (κ1) is 16.2. The molecule has 0 unspecified atom stereocenters. The van der Waals surface area contributed by atoms with Crippen LogP contribution in [0.1, 0.15) is 5.56 Å². The lowest BCUT2D eigenvalue weighted by Crippen LogP contribution is -2.07. The van der Waals surface area contributed by atoms with Gasteiger partial charge in [-0.15, -0.1) is 11.3 Å². The minimum absolute atomic E-state index is 0.246. The number of nitrogens with zero attached hydrogens (tertiary/aromatic N) is 2. The van der Waals surface area contributed by atoms with Crippen molar-refractivity contribution < 1.29 is 9.18 Å². The highest BCUT2D eigenvalue weighted by Crippen LogP contribution is 2.23. The van der Waals surface area contributed by atoms with Gasteiger partial charge in [-0.1, -0.05) is 24.3 Å². The van der Waals surface area contributed by atoms with Crippen LogP contribution in [0.25, 0.3) is 22.3 Å². The molecule has 0 aliphatic heterocycles. The third-order valence-corrected chi connectivity index (χ3v) is 4.61. The number of amides is 1. The molecule has 26 heavy (non-hydrogen) atoms. The molecule has 1 N–H and O–H groups in total. The van der Waals surface area contributed by atoms with E-state index in [1.807, 2.05) is 46.4 Å². The van der Waals surface area contributed by atoms with Crippen molar-refractivity contribution in [1.82, 2.24) is 9.38 Å². The summed E-state index contributed by atoms with van der Waals surface area (Å²) in [7, 11) is 0. The fourth-order valence-electron chi connectivity index (χ4n) is 2.52. The maximum atomic E-state index is 12.9. The van der Waals surface area contributed by atoms with Crippen LogP contribution in [-0.2, 0) is 4.79 Å². The van der Waals surface area contributed by atoms with E-state index in [9.17, 15) is 9.18 Å². The van der Waals surface area contributed by atoms with Gasteiger partial charge in [0.1, 0.15) is 5.82 Å². The second-order valence-corrected chi connectivity index (χ2v) is 6.54. The number of carbonyl (C=O) groups excluding carboxylic acids is 1. The molecular weight excluding hydrogens is 349 g/mol. The number of fused-ring (bicyclic) bond motifs is 1. The summed E-state index contributed by atoms with van der Waals surface area (Å²) in [6.07, 6.45) is 7.01. The van der Waals surface area contributed by atoms with Gasteiger partial charge in [0.25, 0.3) is 0 Å². The molecule has 4 nitrogen and oxygen atoms in total. The van der Waals surface area contributed by atoms with E-state index in [0.717, 1.165) is 21.8 Å². The van der Waals surface area contributed by atoms with E-state index in [0.29, 0.717) is 5.69 Å². The molecule has 6 heteroatoms. The van der Waals surface area contributed by atoms with Crippen LogP contribution >= 0.6 is 11.3 Å². The number of imidazole rings is 1. The largest absolute Gasteiger partial charge is 0.323 e. The number of nitrogens with one attached hydrogen (secondary N) is 1. The first-order chi connectivity index (χ1) is 12.7. The predicted octanol–water partition coefficient (Wildman–Crippen LogP) is 4.85. The maximum Gasteiger partial charge on any atom is 0.248 e. The van der Waals surface area contributed by atoms with Crippen LogP contribution in [0.5, 0.6) is 0 Å². The minimum Gasteiger partial charge on any atom is -0.323 e. The number of halogens is 1. The summed E-state index contributed by atoms with van der Waals surface area (Å²) in [4.78, 5) is 17.5. The minimum atomic E-state index is -0.302. The van der Waals surface area contributed by atoms with Crippen LogP contribution in [0.15, 0.2) is 72.4 Å². The van der Waals surface area contributed by atoms with Gasteiger partial charge in [0.15, 0.2) is 4.96 Å². The van der Waals surface area contributed by atoms with Crippen LogP contribution in [0, 0.1) is 5.82 Å². The summed E-state index contributed by atoms with van der Waals surface area (Å²) in [5, 5.41) is 4.79. The van der Waals surface area contributed by atoms with Gasteiger partial charge in [0, 0.05) is 35.1 Å². The Morgan fingerprint density at radius 2 is 1.88 bits per heavy atom. The van der Waals surface area contributed by atoms with Gasteiger partial charge in [0.05, 0.1) is 5.69 Å². The fraction of sp³-hybridized carbons (Fsp3) is 0. The molecule has 0 radical (unpaired) electrons. The SMILES string of the molecule is O=C(C=Cc1ccc(F)cc1)Nc1ccc(-c2cn3ccsc3n2)cc1. The van der Waals surface area contributed by atoms with Crippen LogP contribution in [0.2, 0.25) is 0 Å². The average molecular weight is 363 g/mol. The molecule has 2 heterocycles. The Morgan fingerprint density at radius 1 is 1.12 bits per heavy atom. The molecule has 0 saturated carbocycles. The Kier molecular flexibility index (Phi) is 4.33. The fourth-order valence-corrected chi connectivity index (χ4v) is 3.22. The van der Waals surface area contributed by atoms with E-state index < -0.39 is 0 Å². The molecule has 4 aromatic rings. The third kappa shape index (κ3) is 3.55. The molecule has 128 valence electrons. The lowest BCUT2D eigenvalue weighted by Gasteiger charge is -2.03. The van der Waals surface area contributed by atoms with E-state index in [4.69, 9.17) is 0 Å². The Hall–Kier alpha value is -3.25. The molecule has 0 spiro atoms. The first-order valence-electron chi connectivity index (χ1n) is 7.95. The standard InChI is InChI=1S/C20H14FN3OS/c21-16-6-1-14(2-7-16)3-10-19(25)22-17-8-4-15(5-9-17)18-13-24-11-12-26-20(24)23-18/h1-13H,(H,22,25). The maximum absolute atomic E-state index is 12.9. The molecule has 0 bridgehead atoms. The number of anilines is 1. The Labute approximate surface area is 153 Å². The van der Waals surface area contributed by atoms with E-state index >= 15 is 0 Å². The molecule has 1 amide bonds. The quantitative estimate of drug-likeness (QED) is 0.527. The van der Waals surface area contributed by atoms with E-state index in [1.54, 1.807) is 29.5 Å². The van der Waals surface area contributed by atoms with Crippen molar-refractivity contribution in [2.75, 3.05) is 5.32 Å². The zero-order chi connectivity index (χ0) is 17.9. The van der Waals surface area contributed by atoms with Crippen molar-refractivity contribution in [3.8, 4) is 11.3 Å². The van der Waals surface area contributed by atoms with Gasteiger partial charge >= 0.3 is 0 Å². The number of thiazole rings is 1. The van der Waals surface area contributed by atoms with Crippen molar-refractivity contribution >= 4 is 34.0 Å². The summed E-state index contributed by atoms with van der Waals surface area (Å²) in [5.41, 5.74) is 3.34. The normalized spacial score (nSPS) is 11.3. The molecular formula is C20H14FN3OS. The van der Waals surface area contributed by atoms with Crippen LogP contribution in [0.4, 0.5) is 10.1 Å². The van der Waals surface area contributed by atoms with Gasteiger partial charge in [-0.05, 0) is 35.9 Å². The number of hydrogen-bond acceptors (Lipinski definition) is 3. The lowest BCUT2D eigenvalue weighted by atomic mass is 10.1. The average Bonchev–Trinajstić information content (AvgIpc) is 3.24. The monoisotopic (exact) mass is 363 g/mol. The highest BCUT2D eigenvalue weighted by molar-refractivity contribution is 7.15. The zero-order valence-electron chi connectivity index (χ0n) is 13.6. The van der Waals surface area contributed by atoms with Crippen molar-refractivity contribution in [2.24, 2.45) is 0 Å². The second-order valence-electron chi connectivity index (χ2n) is 5.67. The molecule has 0 fully saturated rings. The van der Waals surface area contributed by atoms with E-state index in [-0.39, 0.29) is 11.7 Å². The van der Waals surface area contributed by atoms with Crippen LogP contribution < -0.4 is 5.32 Å². The van der Waals surface area contributed by atoms with Gasteiger partial charge in [-0.25, -0.2) is 9.37 Å². The molecule has 0 aliphatic rings. The highest BCUT2D eigenvalue weighted by Gasteiger charge is 2.05. The summed E-state index contributed by atoms with van der Waals surface area (Å²) in [5.74, 6) is -0.547.